The summed E-state index contributed by atoms with van der Waals surface area (Å²) in [5.74, 6) is -0.324. The van der Waals surface area contributed by atoms with Crippen LogP contribution >= 0.6 is 7.60 Å². The van der Waals surface area contributed by atoms with Gasteiger partial charge in [0.15, 0.2) is 0 Å². The second kappa shape index (κ2) is 10.1. The highest BCUT2D eigenvalue weighted by Crippen LogP contribution is 2.48. The van der Waals surface area contributed by atoms with Gasteiger partial charge in [-0.05, 0) is 27.7 Å². The van der Waals surface area contributed by atoms with Gasteiger partial charge in [0.25, 0.3) is 0 Å². The molecule has 2 atom stereocenters. The average molecular weight is 379 g/mol. The molecular formula is C15H30N3O6P. The maximum absolute atomic E-state index is 12.6. The zero-order valence-electron chi connectivity index (χ0n) is 15.5. The van der Waals surface area contributed by atoms with Crippen molar-refractivity contribution >= 4 is 19.6 Å². The lowest BCUT2D eigenvalue weighted by Crippen LogP contribution is -2.58. The molecule has 1 fully saturated rings. The Labute approximate surface area is 149 Å². The third-order valence-corrected chi connectivity index (χ3v) is 5.97. The molecule has 0 saturated carbocycles. The van der Waals surface area contributed by atoms with Gasteiger partial charge in [-0.25, -0.2) is 4.79 Å². The molecule has 9 nitrogen and oxygen atoms in total. The molecule has 0 aromatic rings. The van der Waals surface area contributed by atoms with Gasteiger partial charge in [0, 0.05) is 25.7 Å². The molecule has 1 rings (SSSR count). The van der Waals surface area contributed by atoms with Crippen molar-refractivity contribution in [3.63, 3.8) is 0 Å². The van der Waals surface area contributed by atoms with E-state index in [-0.39, 0.29) is 37.4 Å². The molecule has 25 heavy (non-hydrogen) atoms. The highest BCUT2D eigenvalue weighted by molar-refractivity contribution is 7.53. The maximum atomic E-state index is 12.6. The zero-order chi connectivity index (χ0) is 19.0. The topological polar surface area (TPSA) is 111 Å². The predicted molar refractivity (Wildman–Crippen MR) is 93.5 cm³/mol. The molecule has 0 aliphatic carbocycles. The van der Waals surface area contributed by atoms with Crippen molar-refractivity contribution in [2.45, 2.75) is 39.8 Å². The van der Waals surface area contributed by atoms with Crippen LogP contribution in [0.3, 0.4) is 0 Å². The lowest BCUT2D eigenvalue weighted by molar-refractivity contribution is -0.134. The lowest BCUT2D eigenvalue weighted by Gasteiger charge is -2.40. The smallest absolute Gasteiger partial charge is 0.410 e. The molecule has 0 radical (unpaired) electrons. The van der Waals surface area contributed by atoms with Gasteiger partial charge >= 0.3 is 13.7 Å². The Bertz CT molecular complexity index is 494. The van der Waals surface area contributed by atoms with Gasteiger partial charge in [-0.2, -0.15) is 0 Å². The molecule has 2 amide bonds. The van der Waals surface area contributed by atoms with E-state index in [0.29, 0.717) is 26.2 Å². The van der Waals surface area contributed by atoms with Crippen molar-refractivity contribution < 1.29 is 27.9 Å². The summed E-state index contributed by atoms with van der Waals surface area (Å²) in [7, 11) is -3.39. The lowest BCUT2D eigenvalue weighted by atomic mass is 10.2. The fourth-order valence-electron chi connectivity index (χ4n) is 2.72. The summed E-state index contributed by atoms with van der Waals surface area (Å²) >= 11 is 0. The highest BCUT2D eigenvalue weighted by atomic mass is 31.2. The minimum Gasteiger partial charge on any atom is -0.450 e. The van der Waals surface area contributed by atoms with Crippen molar-refractivity contribution in [1.29, 1.82) is 0 Å². The van der Waals surface area contributed by atoms with Crippen molar-refractivity contribution in [1.82, 2.24) is 9.80 Å². The zero-order valence-corrected chi connectivity index (χ0v) is 16.4. The largest absolute Gasteiger partial charge is 0.450 e. The maximum Gasteiger partial charge on any atom is 0.410 e. The number of nitrogens with zero attached hydrogens (tertiary/aromatic N) is 2. The van der Waals surface area contributed by atoms with Crippen LogP contribution < -0.4 is 5.73 Å². The monoisotopic (exact) mass is 379 g/mol. The fraction of sp³-hybridized carbons (Fsp3) is 0.867. The molecular weight excluding hydrogens is 349 g/mol. The molecule has 1 aliphatic rings. The molecule has 2 N–H and O–H groups in total. The van der Waals surface area contributed by atoms with Crippen LogP contribution in [0.25, 0.3) is 0 Å². The van der Waals surface area contributed by atoms with Crippen LogP contribution in [0.1, 0.15) is 27.7 Å². The normalized spacial score (nSPS) is 19.6. The Hall–Kier alpha value is -1.15. The molecule has 1 aliphatic heterocycles. The first kappa shape index (κ1) is 21.9. The minimum atomic E-state index is -3.39. The standard InChI is InChI=1S/C15H30N3O6P/c1-5-22-15(20)18-9-8-17(10-12(18)4)14(19)13(16)11-25(21,23-6-2)24-7-3/h12-13H,5-11,16H2,1-4H3. The van der Waals surface area contributed by atoms with Crippen LogP contribution in [0.15, 0.2) is 0 Å². The number of carbonyl (C=O) groups is 2. The van der Waals surface area contributed by atoms with Crippen molar-refractivity contribution in [2.24, 2.45) is 5.73 Å². The fourth-order valence-corrected chi connectivity index (χ4v) is 4.44. The van der Waals surface area contributed by atoms with Crippen molar-refractivity contribution in [2.75, 3.05) is 45.6 Å². The Kier molecular flexibility index (Phi) is 8.85. The first-order valence-corrected chi connectivity index (χ1v) is 10.4. The summed E-state index contributed by atoms with van der Waals surface area (Å²) in [5.41, 5.74) is 5.95. The van der Waals surface area contributed by atoms with E-state index in [1.54, 1.807) is 30.6 Å². The van der Waals surface area contributed by atoms with E-state index in [1.807, 2.05) is 6.92 Å². The SMILES string of the molecule is CCOC(=O)N1CCN(C(=O)C(N)CP(=O)(OCC)OCC)CC1C. The summed E-state index contributed by atoms with van der Waals surface area (Å²) in [4.78, 5) is 27.6. The summed E-state index contributed by atoms with van der Waals surface area (Å²) in [6.45, 7) is 8.80. The van der Waals surface area contributed by atoms with Crippen molar-refractivity contribution in [3.8, 4) is 0 Å². The number of hydrogen-bond donors (Lipinski definition) is 1. The Morgan fingerprint density at radius 3 is 2.24 bits per heavy atom. The Morgan fingerprint density at radius 2 is 1.76 bits per heavy atom. The number of nitrogens with two attached hydrogens (primary N) is 1. The van der Waals surface area contributed by atoms with Gasteiger partial charge in [0.05, 0.1) is 32.0 Å². The van der Waals surface area contributed by atoms with Gasteiger partial charge in [0.2, 0.25) is 5.91 Å². The van der Waals surface area contributed by atoms with E-state index in [1.165, 1.54) is 0 Å². The van der Waals surface area contributed by atoms with Gasteiger partial charge in [0.1, 0.15) is 0 Å². The van der Waals surface area contributed by atoms with Crippen LogP contribution in [-0.2, 0) is 23.1 Å². The number of amides is 2. The van der Waals surface area contributed by atoms with Crippen LogP contribution in [0.4, 0.5) is 4.79 Å². The molecule has 0 spiro atoms. The number of carbonyl (C=O) groups excluding carboxylic acids is 2. The molecule has 2 unspecified atom stereocenters. The molecule has 146 valence electrons. The molecule has 1 heterocycles. The van der Waals surface area contributed by atoms with Crippen molar-refractivity contribution in [3.05, 3.63) is 0 Å². The minimum absolute atomic E-state index is 0.167. The summed E-state index contributed by atoms with van der Waals surface area (Å²) in [6.07, 6.45) is -0.552. The number of piperazine rings is 1. The van der Waals surface area contributed by atoms with Gasteiger partial charge in [-0.3, -0.25) is 9.36 Å². The third-order valence-electron chi connectivity index (χ3n) is 3.83. The predicted octanol–water partition coefficient (Wildman–Crippen LogP) is 1.27. The highest BCUT2D eigenvalue weighted by Gasteiger charge is 2.36. The summed E-state index contributed by atoms with van der Waals surface area (Å²) < 4.78 is 27.9. The second-order valence-corrected chi connectivity index (χ2v) is 7.86. The van der Waals surface area contributed by atoms with E-state index in [9.17, 15) is 14.2 Å². The Morgan fingerprint density at radius 1 is 1.16 bits per heavy atom. The van der Waals surface area contributed by atoms with Gasteiger partial charge in [-0.1, -0.05) is 0 Å². The quantitative estimate of drug-likeness (QED) is 0.632. The van der Waals surface area contributed by atoms with Crippen LogP contribution in [0, 0.1) is 0 Å². The third kappa shape index (κ3) is 6.26. The van der Waals surface area contributed by atoms with Crippen LogP contribution in [-0.4, -0.2) is 79.5 Å². The van der Waals surface area contributed by atoms with Gasteiger partial charge < -0.3 is 29.3 Å². The van der Waals surface area contributed by atoms with E-state index in [0.717, 1.165) is 0 Å². The first-order valence-electron chi connectivity index (χ1n) is 8.63. The van der Waals surface area contributed by atoms with Crippen LogP contribution in [0.2, 0.25) is 0 Å². The Balaban J connectivity index is 2.65. The van der Waals surface area contributed by atoms with E-state index >= 15 is 0 Å². The van der Waals surface area contributed by atoms with Crippen LogP contribution in [0.5, 0.6) is 0 Å². The summed E-state index contributed by atoms with van der Waals surface area (Å²) in [5, 5.41) is 0. The van der Waals surface area contributed by atoms with Gasteiger partial charge in [-0.15, -0.1) is 0 Å². The molecule has 0 aromatic carbocycles. The van der Waals surface area contributed by atoms with E-state index < -0.39 is 13.6 Å². The number of hydrogen-bond acceptors (Lipinski definition) is 7. The van der Waals surface area contributed by atoms with E-state index in [4.69, 9.17) is 19.5 Å². The molecule has 10 heteroatoms. The molecule has 0 bridgehead atoms. The molecule has 1 saturated heterocycles. The first-order chi connectivity index (χ1) is 11.8. The van der Waals surface area contributed by atoms with E-state index in [2.05, 4.69) is 0 Å². The molecule has 0 aromatic heterocycles. The average Bonchev–Trinajstić information content (AvgIpc) is 2.54. The summed E-state index contributed by atoms with van der Waals surface area (Å²) in [6, 6.07) is -1.17. The second-order valence-electron chi connectivity index (χ2n) is 5.76. The number of rotatable bonds is 8. The number of ether oxygens (including phenoxy) is 1.